The highest BCUT2D eigenvalue weighted by molar-refractivity contribution is 6.06. The minimum Gasteiger partial charge on any atom is -0.507 e. The van der Waals surface area contributed by atoms with Gasteiger partial charge in [-0.25, -0.2) is 32.3 Å². The molecular weight excluding hydrogens is 1630 g/mol. The average molecular weight is 1750 g/mol. The number of rotatable bonds is 16. The molecule has 21 nitrogen and oxygen atoms in total. The number of nitrogens with one attached hydrogen (secondary N) is 8. The van der Waals surface area contributed by atoms with Crippen molar-refractivity contribution in [2.45, 2.75) is 283 Å². The third-order valence-corrected chi connectivity index (χ3v) is 28.5. The predicted octanol–water partition coefficient (Wildman–Crippen LogP) is 19.2. The first kappa shape index (κ1) is 93.9. The van der Waals surface area contributed by atoms with E-state index in [4.69, 9.17) is 18.9 Å². The van der Waals surface area contributed by atoms with Gasteiger partial charge in [-0.2, -0.15) is 0 Å². The number of halogens is 3. The Bertz CT molecular complexity index is 5900. The standard InChI is InChI=1S/C27H34N2O4.C26H30F2N2O3.C26H31FN2O3.C25H30N2O3/c1-15-10-19-20(27(4,5)9-8-26(19,2)3)14-17(15)18-11-16(13-22(32-6)23(18)33-7)12-21-24(30)29-25(31)28-21;1-13-9-16-17(26(4,5)8-7-25(16,2)3)12-15(13)20-21(28)14(10-18(27)22(20)33-6)11-19-23(31)30-24(32)29-19;1-14-9-18-19(26(4,5)8-7-25(18,2)3)13-16(14)17-10-15(11-20(27)22(17)32-6)12-21-23(30)29-24(31)28-21;1-14-10-18-19(25(4,5)9-8-24(18,2)3)13-16(14)17-11-15(6-7-21(17)28)12-20-22(29)27-23(30)26-20/h10-11,13-14,21H,8-9,12H2,1-7H3,(H2,28,29,30,31);9-10,12,19H,7-8,11H2,1-6H3,(H2,29,30,31,32);9-11,13,21H,7-8,12H2,1-6H3,(H2,28,29,30,31);6-7,10-11,13,20,28H,8-9,12H2,1-5H3,(H2,26,27,29,30). The van der Waals surface area contributed by atoms with Gasteiger partial charge < -0.3 is 45.3 Å². The van der Waals surface area contributed by atoms with Crippen molar-refractivity contribution in [3.05, 3.63) is 204 Å². The molecular formula is C104H125F3N8O13. The van der Waals surface area contributed by atoms with Crippen molar-refractivity contribution < 1.29 is 75.6 Å². The Hall–Kier alpha value is -11.7. The zero-order valence-electron chi connectivity index (χ0n) is 78.5. The molecule has 12 amide bonds. The molecule has 24 heteroatoms. The van der Waals surface area contributed by atoms with Crippen LogP contribution in [0.4, 0.5) is 32.3 Å². The second-order valence-electron chi connectivity index (χ2n) is 41.4. The number of benzene rings is 8. The molecule has 4 aliphatic heterocycles. The number of carbonyl (C=O) groups excluding carboxylic acids is 8. The lowest BCUT2D eigenvalue weighted by molar-refractivity contribution is -0.120. The monoisotopic (exact) mass is 1750 g/mol. The van der Waals surface area contributed by atoms with Crippen LogP contribution in [0.25, 0.3) is 44.5 Å². The summed E-state index contributed by atoms with van der Waals surface area (Å²) in [6.45, 7) is 44.5. The van der Waals surface area contributed by atoms with Gasteiger partial charge in [-0.1, -0.05) is 141 Å². The quantitative estimate of drug-likeness (QED) is 0.0407. The minimum atomic E-state index is -0.961. The van der Waals surface area contributed by atoms with Gasteiger partial charge in [-0.05, 0) is 300 Å². The number of carbonyl (C=O) groups is 8. The van der Waals surface area contributed by atoms with Gasteiger partial charge in [-0.15, -0.1) is 0 Å². The van der Waals surface area contributed by atoms with Gasteiger partial charge in [0.05, 0.1) is 34.0 Å². The molecule has 0 radical (unpaired) electrons. The van der Waals surface area contributed by atoms with Crippen LogP contribution in [0, 0.1) is 45.1 Å². The molecule has 128 heavy (non-hydrogen) atoms. The molecule has 0 spiro atoms. The van der Waals surface area contributed by atoms with Gasteiger partial charge in [-0.3, -0.25) is 40.4 Å². The molecule has 680 valence electrons. The SMILES string of the molecule is COc1c(F)cc(CC2NC(=O)NC2=O)c(F)c1-c1cc2c(cc1C)C(C)(C)CCC2(C)C.COc1c(F)cc(CC2NC(=O)NC2=O)cc1-c1cc2c(cc1C)C(C)(C)CCC2(C)C.COc1cc(CC2NC(=O)NC2=O)cc(-c2cc3c(cc2C)C(C)(C)CCC3(C)C)c1OC.Cc1cc2c(cc1-c1cc(CC3NC(=O)NC3=O)ccc1O)C(C)(C)CCC2(C)C. The molecule has 4 saturated heterocycles. The number of phenolic OH excluding ortho intramolecular Hbond substituents is 1. The van der Waals surface area contributed by atoms with E-state index in [1.54, 1.807) is 26.4 Å². The maximum absolute atomic E-state index is 15.9. The highest BCUT2D eigenvalue weighted by Gasteiger charge is 2.45. The maximum atomic E-state index is 15.9. The van der Waals surface area contributed by atoms with Crippen molar-refractivity contribution in [2.75, 3.05) is 28.4 Å². The number of imide groups is 4. The smallest absolute Gasteiger partial charge is 0.322 e. The largest absolute Gasteiger partial charge is 0.507 e. The van der Waals surface area contributed by atoms with Crippen molar-refractivity contribution in [3.8, 4) is 73.3 Å². The number of ether oxygens (including phenoxy) is 4. The summed E-state index contributed by atoms with van der Waals surface area (Å²) >= 11 is 0. The molecule has 8 aromatic rings. The van der Waals surface area contributed by atoms with E-state index in [9.17, 15) is 43.5 Å². The average Bonchev–Trinajstić information content (AvgIpc) is 1.05. The molecule has 4 unspecified atom stereocenters. The summed E-state index contributed by atoms with van der Waals surface area (Å²) in [6.07, 6.45) is 9.59. The third kappa shape index (κ3) is 18.5. The topological polar surface area (TPSA) is 290 Å². The number of hydrogen-bond acceptors (Lipinski definition) is 13. The summed E-state index contributed by atoms with van der Waals surface area (Å²) < 4.78 is 68.3. The number of amides is 12. The summed E-state index contributed by atoms with van der Waals surface area (Å²) in [4.78, 5) is 93.9. The van der Waals surface area contributed by atoms with E-state index in [1.165, 1.54) is 64.8 Å². The van der Waals surface area contributed by atoms with Crippen LogP contribution in [-0.2, 0) is 88.2 Å². The van der Waals surface area contributed by atoms with E-state index >= 15 is 13.2 Å². The van der Waals surface area contributed by atoms with Crippen LogP contribution in [0.5, 0.6) is 28.7 Å². The third-order valence-electron chi connectivity index (χ3n) is 28.5. The van der Waals surface area contributed by atoms with Gasteiger partial charge in [0.25, 0.3) is 23.6 Å². The second-order valence-corrected chi connectivity index (χ2v) is 41.4. The summed E-state index contributed by atoms with van der Waals surface area (Å²) in [5, 5.41) is 29.9. The number of aryl methyl sites for hydroxylation is 4. The molecule has 8 aromatic carbocycles. The van der Waals surface area contributed by atoms with Gasteiger partial charge in [0, 0.05) is 42.4 Å². The number of fused-ring (bicyclic) bond motifs is 4. The molecule has 0 bridgehead atoms. The van der Waals surface area contributed by atoms with Crippen LogP contribution in [0.3, 0.4) is 0 Å². The van der Waals surface area contributed by atoms with Crippen molar-refractivity contribution in [1.82, 2.24) is 42.5 Å². The van der Waals surface area contributed by atoms with Crippen molar-refractivity contribution >= 4 is 47.8 Å². The van der Waals surface area contributed by atoms with Gasteiger partial charge in [0.1, 0.15) is 35.7 Å². The fourth-order valence-corrected chi connectivity index (χ4v) is 20.1. The van der Waals surface area contributed by atoms with Crippen LogP contribution >= 0.6 is 0 Å². The molecule has 4 aliphatic carbocycles. The lowest BCUT2D eigenvalue weighted by Gasteiger charge is -2.42. The first-order chi connectivity index (χ1) is 59.7. The number of phenols is 1. The van der Waals surface area contributed by atoms with E-state index in [-0.39, 0.29) is 96.4 Å². The molecule has 4 fully saturated rings. The normalized spacial score (nSPS) is 21.0. The Labute approximate surface area is 750 Å². The first-order valence-electron chi connectivity index (χ1n) is 44.3. The molecule has 4 heterocycles. The van der Waals surface area contributed by atoms with Crippen molar-refractivity contribution in [3.63, 3.8) is 0 Å². The number of methoxy groups -OCH3 is 4. The minimum absolute atomic E-state index is 0.00219. The lowest BCUT2D eigenvalue weighted by atomic mass is 9.62. The van der Waals surface area contributed by atoms with E-state index in [2.05, 4.69) is 216 Å². The van der Waals surface area contributed by atoms with Crippen LogP contribution < -0.4 is 61.5 Å². The van der Waals surface area contributed by atoms with Gasteiger partial charge >= 0.3 is 24.1 Å². The Morgan fingerprint density at radius 1 is 0.312 bits per heavy atom. The molecule has 9 N–H and O–H groups in total. The summed E-state index contributed by atoms with van der Waals surface area (Å²) in [7, 11) is 6.03. The Morgan fingerprint density at radius 3 is 0.922 bits per heavy atom. The summed E-state index contributed by atoms with van der Waals surface area (Å²) in [5.74, 6) is -1.96. The second kappa shape index (κ2) is 34.7. The summed E-state index contributed by atoms with van der Waals surface area (Å²) in [5.41, 5.74) is 23.4. The molecule has 4 atom stereocenters. The number of aromatic hydroxyl groups is 1. The van der Waals surface area contributed by atoms with E-state index in [0.29, 0.717) is 41.0 Å². The van der Waals surface area contributed by atoms with Gasteiger partial charge in [0.2, 0.25) is 0 Å². The number of urea groups is 4. The Kier molecular flexibility index (Phi) is 25.5. The molecule has 0 saturated carbocycles. The Balaban J connectivity index is 0.000000146. The van der Waals surface area contributed by atoms with Gasteiger partial charge in [0.15, 0.2) is 34.6 Å². The fraction of sp³-hybridized carbons (Fsp3) is 0.462. The van der Waals surface area contributed by atoms with E-state index in [1.807, 2.05) is 38.1 Å². The van der Waals surface area contributed by atoms with Crippen LogP contribution in [0.2, 0.25) is 0 Å². The lowest BCUT2D eigenvalue weighted by Crippen LogP contribution is -2.34. The highest BCUT2D eigenvalue weighted by atomic mass is 19.1. The van der Waals surface area contributed by atoms with Crippen LogP contribution in [0.1, 0.15) is 251 Å². The first-order valence-corrected chi connectivity index (χ1v) is 44.3. The molecule has 0 aromatic heterocycles. The van der Waals surface area contributed by atoms with E-state index in [0.717, 1.165) is 119 Å². The maximum Gasteiger partial charge on any atom is 0.322 e. The molecule has 16 rings (SSSR count). The molecule has 8 aliphatic rings. The van der Waals surface area contributed by atoms with Crippen LogP contribution in [0.15, 0.2) is 97.1 Å². The Morgan fingerprint density at radius 2 is 0.594 bits per heavy atom. The predicted molar refractivity (Wildman–Crippen MR) is 492 cm³/mol. The summed E-state index contributed by atoms with van der Waals surface area (Å²) in [6, 6.07) is 26.3. The fourth-order valence-electron chi connectivity index (χ4n) is 20.1. The van der Waals surface area contributed by atoms with Crippen molar-refractivity contribution in [2.24, 2.45) is 0 Å². The number of hydrogen-bond donors (Lipinski definition) is 9. The highest BCUT2D eigenvalue weighted by Crippen LogP contribution is 2.55. The zero-order chi connectivity index (χ0) is 93.7. The van der Waals surface area contributed by atoms with E-state index < -0.39 is 77.6 Å². The zero-order valence-corrected chi connectivity index (χ0v) is 78.5. The van der Waals surface area contributed by atoms with Crippen LogP contribution in [-0.4, -0.2) is 105 Å². The van der Waals surface area contributed by atoms with Crippen molar-refractivity contribution in [1.29, 1.82) is 0 Å².